The molecule has 0 spiro atoms. The molecular formula is C21H18N4O6. The number of aliphatic hydroxyl groups is 2. The fourth-order valence-corrected chi connectivity index (χ4v) is 3.24. The minimum absolute atomic E-state index is 0.127. The van der Waals surface area contributed by atoms with E-state index in [0.717, 1.165) is 0 Å². The number of furan rings is 1. The minimum Gasteiger partial charge on any atom is -0.461 e. The summed E-state index contributed by atoms with van der Waals surface area (Å²) < 4.78 is 5.33. The number of hydrogen-bond acceptors (Lipinski definition) is 7. The molecule has 0 fully saturated rings. The number of benzene rings is 2. The Morgan fingerprint density at radius 3 is 2.61 bits per heavy atom. The molecule has 2 heterocycles. The topological polar surface area (TPSA) is 155 Å². The number of carbonyl (C=O) groups excluding carboxylic acids is 1. The molecule has 0 aliphatic heterocycles. The van der Waals surface area contributed by atoms with Crippen LogP contribution in [0, 0.1) is 10.1 Å². The molecule has 0 aliphatic rings. The summed E-state index contributed by atoms with van der Waals surface area (Å²) in [5, 5.41) is 33.7. The number of aromatic amines is 1. The van der Waals surface area contributed by atoms with Crippen LogP contribution in [-0.2, 0) is 0 Å². The number of nitro groups is 1. The average Bonchev–Trinajstić information content (AvgIpc) is 3.46. The van der Waals surface area contributed by atoms with Crippen LogP contribution in [0.3, 0.4) is 0 Å². The smallest absolute Gasteiger partial charge is 0.269 e. The number of non-ortho nitro benzene ring substituents is 1. The van der Waals surface area contributed by atoms with Crippen LogP contribution in [0.1, 0.15) is 22.0 Å². The first-order chi connectivity index (χ1) is 15.0. The molecule has 2 aromatic carbocycles. The van der Waals surface area contributed by atoms with E-state index in [9.17, 15) is 25.1 Å². The number of carbonyl (C=O) groups is 1. The molecule has 31 heavy (non-hydrogen) atoms. The van der Waals surface area contributed by atoms with Gasteiger partial charge in [0.1, 0.15) is 11.6 Å². The molecule has 0 unspecified atom stereocenters. The van der Waals surface area contributed by atoms with Crippen LogP contribution >= 0.6 is 0 Å². The van der Waals surface area contributed by atoms with Crippen molar-refractivity contribution in [3.63, 3.8) is 0 Å². The predicted octanol–water partition coefficient (Wildman–Crippen LogP) is 2.56. The number of aliphatic hydroxyl groups excluding tert-OH is 2. The summed E-state index contributed by atoms with van der Waals surface area (Å²) in [7, 11) is 0. The van der Waals surface area contributed by atoms with Gasteiger partial charge in [0.05, 0.1) is 34.9 Å². The van der Waals surface area contributed by atoms with Crippen LogP contribution < -0.4 is 5.32 Å². The zero-order chi connectivity index (χ0) is 22.0. The highest BCUT2D eigenvalue weighted by Crippen LogP contribution is 2.24. The molecule has 2 aromatic heterocycles. The Balaban J connectivity index is 1.57. The average molecular weight is 422 g/mol. The van der Waals surface area contributed by atoms with Gasteiger partial charge in [-0.1, -0.05) is 6.07 Å². The number of imidazole rings is 1. The number of amides is 1. The van der Waals surface area contributed by atoms with Gasteiger partial charge < -0.3 is 24.9 Å². The molecule has 0 bridgehead atoms. The van der Waals surface area contributed by atoms with Gasteiger partial charge in [-0.25, -0.2) is 4.98 Å². The molecule has 2 atom stereocenters. The molecule has 158 valence electrons. The molecule has 0 radical (unpaired) electrons. The van der Waals surface area contributed by atoms with Crippen molar-refractivity contribution in [2.24, 2.45) is 0 Å². The molecule has 4 N–H and O–H groups in total. The van der Waals surface area contributed by atoms with Crippen molar-refractivity contribution in [2.75, 3.05) is 6.61 Å². The summed E-state index contributed by atoms with van der Waals surface area (Å²) in [6, 6.07) is 12.7. The number of nitrogens with one attached hydrogen (secondary N) is 2. The van der Waals surface area contributed by atoms with Crippen LogP contribution in [-0.4, -0.2) is 43.7 Å². The zero-order valence-electron chi connectivity index (χ0n) is 16.1. The van der Waals surface area contributed by atoms with Crippen molar-refractivity contribution in [1.29, 1.82) is 0 Å². The Morgan fingerprint density at radius 2 is 1.97 bits per heavy atom. The van der Waals surface area contributed by atoms with E-state index in [1.807, 2.05) is 0 Å². The maximum atomic E-state index is 12.9. The Morgan fingerprint density at radius 1 is 1.19 bits per heavy atom. The Kier molecular flexibility index (Phi) is 5.48. The predicted molar refractivity (Wildman–Crippen MR) is 110 cm³/mol. The second-order valence-corrected chi connectivity index (χ2v) is 6.82. The molecule has 1 amide bonds. The number of para-hydroxylation sites is 1. The van der Waals surface area contributed by atoms with E-state index in [4.69, 9.17) is 4.42 Å². The molecule has 4 rings (SSSR count). The van der Waals surface area contributed by atoms with Crippen LogP contribution in [0.5, 0.6) is 0 Å². The van der Waals surface area contributed by atoms with Crippen molar-refractivity contribution in [1.82, 2.24) is 15.3 Å². The molecule has 10 heteroatoms. The van der Waals surface area contributed by atoms with E-state index in [-0.39, 0.29) is 11.3 Å². The normalized spacial score (nSPS) is 13.1. The first-order valence-electron chi connectivity index (χ1n) is 9.34. The quantitative estimate of drug-likeness (QED) is 0.263. The standard InChI is InChI=1S/C21H18N4O6/c26-11-16(19(27)12-6-8-13(9-7-12)25(29)30)23-21(28)14-3-1-4-15-18(14)24-20(22-15)17-5-2-10-31-17/h1-10,16,19,26-27H,11H2,(H,22,24)(H,23,28)/t16-,19-/m1/s1. The van der Waals surface area contributed by atoms with Crippen LogP contribution in [0.4, 0.5) is 5.69 Å². The van der Waals surface area contributed by atoms with Gasteiger partial charge in [-0.05, 0) is 42.0 Å². The lowest BCUT2D eigenvalue weighted by Crippen LogP contribution is -2.42. The highest BCUT2D eigenvalue weighted by Gasteiger charge is 2.25. The van der Waals surface area contributed by atoms with E-state index in [1.165, 1.54) is 30.5 Å². The second-order valence-electron chi connectivity index (χ2n) is 6.82. The number of rotatable bonds is 7. The van der Waals surface area contributed by atoms with Gasteiger partial charge in [0.2, 0.25) is 0 Å². The van der Waals surface area contributed by atoms with E-state index in [1.54, 1.807) is 30.3 Å². The number of fused-ring (bicyclic) bond motifs is 1. The maximum absolute atomic E-state index is 12.9. The third-order valence-corrected chi connectivity index (χ3v) is 4.85. The second kappa shape index (κ2) is 8.38. The van der Waals surface area contributed by atoms with Crippen molar-refractivity contribution in [3.8, 4) is 11.6 Å². The lowest BCUT2D eigenvalue weighted by atomic mass is 10.0. The lowest BCUT2D eigenvalue weighted by molar-refractivity contribution is -0.384. The Labute approximate surface area is 175 Å². The fraction of sp³-hybridized carbons (Fsp3) is 0.143. The number of nitro benzene ring substituents is 1. The summed E-state index contributed by atoms with van der Waals surface area (Å²) in [5.41, 5.74) is 1.48. The fourth-order valence-electron chi connectivity index (χ4n) is 3.24. The number of hydrogen-bond donors (Lipinski definition) is 4. The zero-order valence-corrected chi connectivity index (χ0v) is 16.1. The van der Waals surface area contributed by atoms with Gasteiger partial charge in [0.25, 0.3) is 11.6 Å². The van der Waals surface area contributed by atoms with E-state index in [2.05, 4.69) is 15.3 Å². The monoisotopic (exact) mass is 422 g/mol. The van der Waals surface area contributed by atoms with Crippen molar-refractivity contribution < 1.29 is 24.3 Å². The van der Waals surface area contributed by atoms with Crippen LogP contribution in [0.2, 0.25) is 0 Å². The maximum Gasteiger partial charge on any atom is 0.269 e. The molecule has 0 saturated heterocycles. The van der Waals surface area contributed by atoms with Gasteiger partial charge in [-0.3, -0.25) is 14.9 Å². The third-order valence-electron chi connectivity index (χ3n) is 4.85. The van der Waals surface area contributed by atoms with Gasteiger partial charge in [-0.2, -0.15) is 0 Å². The van der Waals surface area contributed by atoms with Crippen molar-refractivity contribution in [2.45, 2.75) is 12.1 Å². The molecular weight excluding hydrogens is 404 g/mol. The highest BCUT2D eigenvalue weighted by atomic mass is 16.6. The molecule has 4 aromatic rings. The number of H-pyrrole nitrogens is 1. The Hall–Kier alpha value is -4.02. The summed E-state index contributed by atoms with van der Waals surface area (Å²) in [6.45, 7) is -0.544. The first kappa shape index (κ1) is 20.3. The molecule has 0 aliphatic carbocycles. The van der Waals surface area contributed by atoms with Gasteiger partial charge in [0.15, 0.2) is 11.6 Å². The largest absolute Gasteiger partial charge is 0.461 e. The van der Waals surface area contributed by atoms with E-state index >= 15 is 0 Å². The van der Waals surface area contributed by atoms with E-state index in [0.29, 0.717) is 28.2 Å². The minimum atomic E-state index is -1.27. The SMILES string of the molecule is O=C(N[C@H](CO)[C@H](O)c1ccc([N+](=O)[O-])cc1)c1cccc2[nH]c(-c3ccco3)nc12. The third kappa shape index (κ3) is 4.02. The van der Waals surface area contributed by atoms with Crippen LogP contribution in [0.15, 0.2) is 65.3 Å². The Bertz CT molecular complexity index is 1220. The lowest BCUT2D eigenvalue weighted by Gasteiger charge is -2.22. The highest BCUT2D eigenvalue weighted by molar-refractivity contribution is 6.05. The van der Waals surface area contributed by atoms with Crippen LogP contribution in [0.25, 0.3) is 22.6 Å². The summed E-state index contributed by atoms with van der Waals surface area (Å²) in [5.74, 6) is 0.442. The summed E-state index contributed by atoms with van der Waals surface area (Å²) >= 11 is 0. The van der Waals surface area contributed by atoms with E-state index < -0.39 is 29.6 Å². The van der Waals surface area contributed by atoms with Crippen molar-refractivity contribution >= 4 is 22.6 Å². The number of nitrogens with zero attached hydrogens (tertiary/aromatic N) is 2. The van der Waals surface area contributed by atoms with Gasteiger partial charge in [-0.15, -0.1) is 0 Å². The molecule has 0 saturated carbocycles. The number of aromatic nitrogens is 2. The van der Waals surface area contributed by atoms with Gasteiger partial charge >= 0.3 is 0 Å². The summed E-state index contributed by atoms with van der Waals surface area (Å²) in [6.07, 6.45) is 0.244. The first-order valence-corrected chi connectivity index (χ1v) is 9.34. The van der Waals surface area contributed by atoms with Crippen molar-refractivity contribution in [3.05, 3.63) is 82.1 Å². The summed E-state index contributed by atoms with van der Waals surface area (Å²) in [4.78, 5) is 30.7. The van der Waals surface area contributed by atoms with Gasteiger partial charge in [0, 0.05) is 12.1 Å². The molecule has 10 nitrogen and oxygen atoms in total.